The fourth-order valence-corrected chi connectivity index (χ4v) is 11.0. The van der Waals surface area contributed by atoms with Gasteiger partial charge >= 0.3 is 11.9 Å². The van der Waals surface area contributed by atoms with E-state index in [1.54, 1.807) is 27.0 Å². The molecule has 0 radical (unpaired) electrons. The van der Waals surface area contributed by atoms with Gasteiger partial charge in [0.2, 0.25) is 5.79 Å². The summed E-state index contributed by atoms with van der Waals surface area (Å²) in [6.07, 6.45) is 5.50. The molecule has 0 aromatic carbocycles. The summed E-state index contributed by atoms with van der Waals surface area (Å²) in [6, 6.07) is -1.13. The van der Waals surface area contributed by atoms with Crippen LogP contribution in [0.15, 0.2) is 24.3 Å². The SMILES string of the molecule is C=CC[C@@H]1/C=C(\C)C[C@H](C)C[C@H](OC)C2O[C@@](O)(C(=O)C(=O)N3CCCC[C@H]3C(=O)O[C@H](C(C)C[C@@H]3CC[C@@H](OC[C@@H]4CCC(=O)O4)[C@H](OC)C3)[C@H](C)[C@@H](O)CC1=O)[C@H](C)C[C@@H]2OC. The van der Waals surface area contributed by atoms with E-state index in [1.165, 1.54) is 19.1 Å². The van der Waals surface area contributed by atoms with Gasteiger partial charge in [0.1, 0.15) is 30.1 Å². The maximum absolute atomic E-state index is 14.5. The van der Waals surface area contributed by atoms with E-state index in [0.29, 0.717) is 70.8 Å². The normalized spacial score (nSPS) is 40.3. The highest BCUT2D eigenvalue weighted by molar-refractivity contribution is 6.39. The van der Waals surface area contributed by atoms with Crippen molar-refractivity contribution in [3.05, 3.63) is 24.3 Å². The predicted molar refractivity (Wildman–Crippen MR) is 235 cm³/mol. The quantitative estimate of drug-likeness (QED) is 0.151. The van der Waals surface area contributed by atoms with Crippen molar-refractivity contribution in [2.75, 3.05) is 34.5 Å². The number of esters is 2. The van der Waals surface area contributed by atoms with Crippen LogP contribution in [0.25, 0.3) is 0 Å². The first-order valence-electron chi connectivity index (χ1n) is 23.8. The number of aliphatic hydroxyl groups excluding tert-OH is 1. The molecule has 362 valence electrons. The number of fused-ring (bicyclic) bond motifs is 3. The van der Waals surface area contributed by atoms with Crippen molar-refractivity contribution in [1.29, 1.82) is 0 Å². The van der Waals surface area contributed by atoms with Gasteiger partial charge in [0.25, 0.3) is 11.7 Å². The molecule has 5 rings (SSSR count). The Morgan fingerprint density at radius 1 is 0.906 bits per heavy atom. The van der Waals surface area contributed by atoms with Gasteiger partial charge in [-0.15, -0.1) is 6.58 Å². The Hall–Kier alpha value is -3.05. The van der Waals surface area contributed by atoms with Crippen molar-refractivity contribution in [2.24, 2.45) is 35.5 Å². The summed E-state index contributed by atoms with van der Waals surface area (Å²) in [6.45, 7) is 13.7. The van der Waals surface area contributed by atoms with Gasteiger partial charge in [-0.3, -0.25) is 19.2 Å². The van der Waals surface area contributed by atoms with E-state index in [0.717, 1.165) is 12.0 Å². The molecule has 4 fully saturated rings. The standard InChI is InChI=1S/C49H77NO14/c1-10-13-34-21-28(2)20-29(3)22-41(59-8)45-42(60-9)24-31(5)49(57,64-45)46(54)47(55)50-19-12-11-14-36(50)48(56)63-44(32(6)37(51)26-38(34)52)30(4)23-33-15-17-39(40(25-33)58-7)61-27-35-16-18-43(53)62-35/h10,21,29-37,39-42,44-45,51,57H,1,11-20,22-27H2,2-9H3/b28-21+/t29-,30?,31+,32+,33-,34+,35-,36-,37-,39+,40+,41-,42-,44+,45?,49+/m0/s1. The number of hydrogen-bond donors (Lipinski definition) is 2. The summed E-state index contributed by atoms with van der Waals surface area (Å²) in [5.41, 5.74) is 0.961. The Morgan fingerprint density at radius 3 is 2.27 bits per heavy atom. The van der Waals surface area contributed by atoms with Crippen LogP contribution in [-0.4, -0.2) is 140 Å². The molecule has 2 unspecified atom stereocenters. The van der Waals surface area contributed by atoms with Gasteiger partial charge in [0.05, 0.1) is 37.1 Å². The lowest BCUT2D eigenvalue weighted by molar-refractivity contribution is -0.302. The second kappa shape index (κ2) is 23.6. The number of amides is 1. The minimum Gasteiger partial charge on any atom is -0.460 e. The van der Waals surface area contributed by atoms with Crippen LogP contribution in [0.5, 0.6) is 0 Å². The summed E-state index contributed by atoms with van der Waals surface area (Å²) in [5, 5.41) is 24.0. The third kappa shape index (κ3) is 12.7. The molecule has 3 saturated heterocycles. The lowest BCUT2D eigenvalue weighted by Crippen LogP contribution is -2.64. The van der Waals surface area contributed by atoms with Crippen LogP contribution in [0.3, 0.4) is 0 Å². The molecule has 64 heavy (non-hydrogen) atoms. The zero-order valence-electron chi connectivity index (χ0n) is 39.6. The molecule has 1 amide bonds. The van der Waals surface area contributed by atoms with Gasteiger partial charge in [-0.2, -0.15) is 0 Å². The Bertz CT molecular complexity index is 1650. The van der Waals surface area contributed by atoms with Crippen LogP contribution in [0, 0.1) is 35.5 Å². The molecule has 0 aromatic rings. The van der Waals surface area contributed by atoms with E-state index in [4.69, 9.17) is 33.2 Å². The maximum atomic E-state index is 14.5. The van der Waals surface area contributed by atoms with E-state index in [1.807, 2.05) is 26.8 Å². The molecule has 4 heterocycles. The number of carbonyl (C=O) groups excluding carboxylic acids is 5. The van der Waals surface area contributed by atoms with Gasteiger partial charge in [-0.05, 0) is 102 Å². The van der Waals surface area contributed by atoms with E-state index in [-0.39, 0.29) is 73.6 Å². The first-order valence-corrected chi connectivity index (χ1v) is 23.8. The van der Waals surface area contributed by atoms with Gasteiger partial charge in [-0.1, -0.05) is 45.4 Å². The summed E-state index contributed by atoms with van der Waals surface area (Å²) in [7, 11) is 4.71. The number of cyclic esters (lactones) is 2. The molecular weight excluding hydrogens is 827 g/mol. The fourth-order valence-electron chi connectivity index (χ4n) is 11.0. The number of ketones is 2. The smallest absolute Gasteiger partial charge is 0.329 e. The maximum Gasteiger partial charge on any atom is 0.329 e. The molecule has 15 heteroatoms. The second-order valence-electron chi connectivity index (χ2n) is 19.7. The third-order valence-electron chi connectivity index (χ3n) is 14.7. The average molecular weight is 904 g/mol. The Morgan fingerprint density at radius 2 is 1.61 bits per heavy atom. The number of allylic oxidation sites excluding steroid dienone is 3. The molecule has 15 nitrogen and oxygen atoms in total. The van der Waals surface area contributed by atoms with Crippen LogP contribution in [-0.2, 0) is 57.1 Å². The number of hydrogen-bond acceptors (Lipinski definition) is 14. The van der Waals surface area contributed by atoms with E-state index in [2.05, 4.69) is 6.58 Å². The number of nitrogens with zero attached hydrogens (tertiary/aromatic N) is 1. The second-order valence-corrected chi connectivity index (χ2v) is 19.7. The predicted octanol–water partition coefficient (Wildman–Crippen LogP) is 5.45. The highest BCUT2D eigenvalue weighted by Crippen LogP contribution is 2.40. The lowest BCUT2D eigenvalue weighted by atomic mass is 9.76. The molecule has 16 atom stereocenters. The molecule has 0 aromatic heterocycles. The first kappa shape index (κ1) is 51.9. The molecule has 2 N–H and O–H groups in total. The van der Waals surface area contributed by atoms with E-state index < -0.39 is 77.8 Å². The topological polar surface area (TPSA) is 194 Å². The highest BCUT2D eigenvalue weighted by atomic mass is 16.7. The molecule has 5 aliphatic rings. The molecule has 1 aliphatic carbocycles. The summed E-state index contributed by atoms with van der Waals surface area (Å²) < 4.78 is 41.9. The van der Waals surface area contributed by atoms with Crippen LogP contribution in [0.1, 0.15) is 125 Å². The van der Waals surface area contributed by atoms with Gasteiger partial charge in [0.15, 0.2) is 0 Å². The molecule has 0 spiro atoms. The van der Waals surface area contributed by atoms with Gasteiger partial charge < -0.3 is 48.3 Å². The van der Waals surface area contributed by atoms with Crippen molar-refractivity contribution < 1.29 is 67.3 Å². The summed E-state index contributed by atoms with van der Waals surface area (Å²) >= 11 is 0. The highest BCUT2D eigenvalue weighted by Gasteiger charge is 2.56. The number of ether oxygens (including phenoxy) is 7. The van der Waals surface area contributed by atoms with Crippen molar-refractivity contribution in [2.45, 2.75) is 185 Å². The van der Waals surface area contributed by atoms with Crippen molar-refractivity contribution >= 4 is 29.4 Å². The molecule has 2 bridgehead atoms. The number of methoxy groups -OCH3 is 3. The molecular formula is C49H77NO14. The zero-order valence-corrected chi connectivity index (χ0v) is 39.6. The van der Waals surface area contributed by atoms with Crippen LogP contribution in [0.2, 0.25) is 0 Å². The first-order chi connectivity index (χ1) is 30.4. The van der Waals surface area contributed by atoms with Crippen molar-refractivity contribution in [1.82, 2.24) is 4.90 Å². The average Bonchev–Trinajstić information content (AvgIpc) is 3.70. The van der Waals surface area contributed by atoms with Gasteiger partial charge in [0, 0.05) is 58.5 Å². The summed E-state index contributed by atoms with van der Waals surface area (Å²) in [4.78, 5) is 70.1. The number of rotatable bonds is 11. The van der Waals surface area contributed by atoms with Crippen LogP contribution >= 0.6 is 0 Å². The van der Waals surface area contributed by atoms with Gasteiger partial charge in [-0.25, -0.2) is 4.79 Å². The number of Topliss-reactive ketones (excluding diaryl/α,β-unsaturated/α-hetero) is 2. The number of piperidine rings is 1. The Labute approximate surface area is 380 Å². The van der Waals surface area contributed by atoms with Crippen LogP contribution in [0.4, 0.5) is 0 Å². The number of aliphatic hydroxyl groups is 2. The Balaban J connectivity index is 1.44. The minimum atomic E-state index is -2.52. The van der Waals surface area contributed by atoms with E-state index in [9.17, 15) is 34.2 Å². The minimum absolute atomic E-state index is 0.00557. The number of carbonyl (C=O) groups is 5. The molecule has 4 aliphatic heterocycles. The molecule has 1 saturated carbocycles. The van der Waals surface area contributed by atoms with Crippen LogP contribution < -0.4 is 0 Å². The van der Waals surface area contributed by atoms with E-state index >= 15 is 0 Å². The largest absolute Gasteiger partial charge is 0.460 e. The van der Waals surface area contributed by atoms with Crippen molar-refractivity contribution in [3.63, 3.8) is 0 Å². The van der Waals surface area contributed by atoms with Crippen molar-refractivity contribution in [3.8, 4) is 0 Å². The lowest BCUT2D eigenvalue weighted by Gasteiger charge is -2.47. The summed E-state index contributed by atoms with van der Waals surface area (Å²) in [5.74, 6) is -8.01. The monoisotopic (exact) mass is 904 g/mol. The zero-order chi connectivity index (χ0) is 46.9. The third-order valence-corrected chi connectivity index (χ3v) is 14.7. The fraction of sp³-hybridized carbons (Fsp3) is 0.816. The Kier molecular flexibility index (Phi) is 19.2.